The summed E-state index contributed by atoms with van der Waals surface area (Å²) in [4.78, 5) is 0. The van der Waals surface area contributed by atoms with Crippen molar-refractivity contribution in [2.24, 2.45) is 0 Å². The SMILES string of the molecule is Cc1c(C#N)c(-c2ccc(C#N)cc2)c(C)n1Cc1ccc(F)c(CO)c1. The molecule has 1 N–H and O–H groups in total. The lowest BCUT2D eigenvalue weighted by Crippen LogP contribution is -2.05. The number of aliphatic hydroxyl groups is 1. The highest BCUT2D eigenvalue weighted by molar-refractivity contribution is 5.75. The maximum atomic E-state index is 13.6. The quantitative estimate of drug-likeness (QED) is 0.759. The van der Waals surface area contributed by atoms with Crippen LogP contribution in [0.3, 0.4) is 0 Å². The molecule has 4 nitrogen and oxygen atoms in total. The Hall–Kier alpha value is -3.41. The van der Waals surface area contributed by atoms with Gasteiger partial charge in [-0.2, -0.15) is 10.5 Å². The zero-order valence-corrected chi connectivity index (χ0v) is 15.1. The molecule has 0 unspecified atom stereocenters. The summed E-state index contributed by atoms with van der Waals surface area (Å²) in [6.45, 7) is 3.94. The van der Waals surface area contributed by atoms with Crippen LogP contribution in [0.5, 0.6) is 0 Å². The van der Waals surface area contributed by atoms with Crippen molar-refractivity contribution < 1.29 is 9.50 Å². The number of aromatic nitrogens is 1. The fourth-order valence-corrected chi connectivity index (χ4v) is 3.35. The van der Waals surface area contributed by atoms with Crippen LogP contribution in [-0.2, 0) is 13.2 Å². The maximum Gasteiger partial charge on any atom is 0.128 e. The van der Waals surface area contributed by atoms with E-state index in [4.69, 9.17) is 5.26 Å². The van der Waals surface area contributed by atoms with Crippen LogP contribution in [0.25, 0.3) is 11.1 Å². The number of halogens is 1. The molecule has 0 fully saturated rings. The van der Waals surface area contributed by atoms with Gasteiger partial charge in [0, 0.05) is 29.1 Å². The number of aliphatic hydroxyl groups excluding tert-OH is 1. The van der Waals surface area contributed by atoms with Gasteiger partial charge in [-0.3, -0.25) is 0 Å². The van der Waals surface area contributed by atoms with Gasteiger partial charge in [0.1, 0.15) is 11.9 Å². The number of rotatable bonds is 4. The van der Waals surface area contributed by atoms with Crippen molar-refractivity contribution in [3.05, 3.63) is 81.9 Å². The van der Waals surface area contributed by atoms with E-state index in [1.165, 1.54) is 6.07 Å². The summed E-state index contributed by atoms with van der Waals surface area (Å²) in [7, 11) is 0. The minimum Gasteiger partial charge on any atom is -0.392 e. The summed E-state index contributed by atoms with van der Waals surface area (Å²) in [5.74, 6) is -0.432. The summed E-state index contributed by atoms with van der Waals surface area (Å²) in [6, 6.07) is 16.2. The van der Waals surface area contributed by atoms with E-state index in [9.17, 15) is 14.8 Å². The molecule has 2 aromatic carbocycles. The summed E-state index contributed by atoms with van der Waals surface area (Å²) in [6.07, 6.45) is 0. The number of benzene rings is 2. The van der Waals surface area contributed by atoms with E-state index in [2.05, 4.69) is 12.1 Å². The summed E-state index contributed by atoms with van der Waals surface area (Å²) in [5.41, 5.74) is 5.70. The predicted molar refractivity (Wildman–Crippen MR) is 100 cm³/mol. The lowest BCUT2D eigenvalue weighted by molar-refractivity contribution is 0.275. The smallest absolute Gasteiger partial charge is 0.128 e. The summed E-state index contributed by atoms with van der Waals surface area (Å²) in [5, 5.41) is 27.9. The van der Waals surface area contributed by atoms with Crippen molar-refractivity contribution in [1.29, 1.82) is 10.5 Å². The summed E-state index contributed by atoms with van der Waals surface area (Å²) >= 11 is 0. The first kappa shape index (κ1) is 18.4. The Kier molecular flexibility index (Phi) is 5.07. The Morgan fingerprint density at radius 3 is 2.30 bits per heavy atom. The Balaban J connectivity index is 2.09. The molecule has 3 aromatic rings. The molecule has 1 aromatic heterocycles. The lowest BCUT2D eigenvalue weighted by Gasteiger charge is -2.11. The van der Waals surface area contributed by atoms with E-state index >= 15 is 0 Å². The Bertz CT molecular complexity index is 1080. The van der Waals surface area contributed by atoms with Crippen molar-refractivity contribution in [2.75, 3.05) is 0 Å². The molecular formula is C22H18FN3O. The second-order valence-electron chi connectivity index (χ2n) is 6.39. The third-order valence-electron chi connectivity index (χ3n) is 4.82. The molecule has 0 atom stereocenters. The average Bonchev–Trinajstić information content (AvgIpc) is 2.93. The van der Waals surface area contributed by atoms with E-state index < -0.39 is 5.82 Å². The summed E-state index contributed by atoms with van der Waals surface area (Å²) < 4.78 is 15.7. The molecule has 134 valence electrons. The van der Waals surface area contributed by atoms with E-state index in [-0.39, 0.29) is 12.2 Å². The molecule has 0 aliphatic rings. The Labute approximate surface area is 157 Å². The maximum absolute atomic E-state index is 13.6. The second kappa shape index (κ2) is 7.45. The zero-order valence-electron chi connectivity index (χ0n) is 15.1. The molecular weight excluding hydrogens is 341 g/mol. The molecule has 0 aliphatic carbocycles. The van der Waals surface area contributed by atoms with Crippen molar-refractivity contribution in [3.8, 4) is 23.3 Å². The first-order chi connectivity index (χ1) is 13.0. The van der Waals surface area contributed by atoms with Gasteiger partial charge in [0.25, 0.3) is 0 Å². The van der Waals surface area contributed by atoms with Gasteiger partial charge < -0.3 is 9.67 Å². The number of nitriles is 2. The Morgan fingerprint density at radius 2 is 1.70 bits per heavy atom. The molecule has 27 heavy (non-hydrogen) atoms. The third kappa shape index (κ3) is 3.33. The zero-order chi connectivity index (χ0) is 19.6. The molecule has 0 saturated heterocycles. The van der Waals surface area contributed by atoms with E-state index in [0.717, 1.165) is 28.1 Å². The molecule has 0 radical (unpaired) electrons. The normalized spacial score (nSPS) is 10.4. The van der Waals surface area contributed by atoms with E-state index in [1.54, 1.807) is 24.3 Å². The highest BCUT2D eigenvalue weighted by Crippen LogP contribution is 2.32. The first-order valence-corrected chi connectivity index (χ1v) is 8.48. The Morgan fingerprint density at radius 1 is 1.00 bits per heavy atom. The molecule has 0 amide bonds. The largest absolute Gasteiger partial charge is 0.392 e. The molecule has 0 saturated carbocycles. The fourth-order valence-electron chi connectivity index (χ4n) is 3.35. The van der Waals surface area contributed by atoms with Gasteiger partial charge in [0.2, 0.25) is 0 Å². The molecule has 0 spiro atoms. The number of hydrogen-bond acceptors (Lipinski definition) is 3. The topological polar surface area (TPSA) is 72.7 Å². The van der Waals surface area contributed by atoms with Crippen LogP contribution in [0.4, 0.5) is 4.39 Å². The molecule has 5 heteroatoms. The van der Waals surface area contributed by atoms with Crippen molar-refractivity contribution in [2.45, 2.75) is 27.0 Å². The molecule has 3 rings (SSSR count). The predicted octanol–water partition coefficient (Wildman–Crippen LogP) is 4.20. The van der Waals surface area contributed by atoms with Crippen LogP contribution in [0.15, 0.2) is 42.5 Å². The van der Waals surface area contributed by atoms with Crippen molar-refractivity contribution >= 4 is 0 Å². The van der Waals surface area contributed by atoms with Crippen LogP contribution in [0.1, 0.15) is 33.6 Å². The van der Waals surface area contributed by atoms with Crippen LogP contribution < -0.4 is 0 Å². The van der Waals surface area contributed by atoms with Crippen LogP contribution in [0.2, 0.25) is 0 Å². The van der Waals surface area contributed by atoms with Crippen LogP contribution >= 0.6 is 0 Å². The minimum absolute atomic E-state index is 0.253. The second-order valence-corrected chi connectivity index (χ2v) is 6.39. The van der Waals surface area contributed by atoms with E-state index in [0.29, 0.717) is 17.7 Å². The highest BCUT2D eigenvalue weighted by atomic mass is 19.1. The standard InChI is InChI=1S/C22H18FN3O/c1-14-20(11-25)22(18-6-3-16(10-24)4-7-18)15(2)26(14)12-17-5-8-21(23)19(9-17)13-27/h3-9,27H,12-13H2,1-2H3. The average molecular weight is 359 g/mol. The van der Waals surface area contributed by atoms with Crippen LogP contribution in [0, 0.1) is 42.3 Å². The van der Waals surface area contributed by atoms with Gasteiger partial charge in [0.05, 0.1) is 23.8 Å². The number of nitrogens with zero attached hydrogens (tertiary/aromatic N) is 3. The van der Waals surface area contributed by atoms with Gasteiger partial charge in [-0.15, -0.1) is 0 Å². The van der Waals surface area contributed by atoms with Crippen LogP contribution in [-0.4, -0.2) is 9.67 Å². The van der Waals surface area contributed by atoms with Gasteiger partial charge in [0.15, 0.2) is 0 Å². The van der Waals surface area contributed by atoms with Gasteiger partial charge in [-0.05, 0) is 49.2 Å². The molecule has 1 heterocycles. The van der Waals surface area contributed by atoms with Gasteiger partial charge >= 0.3 is 0 Å². The highest BCUT2D eigenvalue weighted by Gasteiger charge is 2.19. The monoisotopic (exact) mass is 359 g/mol. The third-order valence-corrected chi connectivity index (χ3v) is 4.82. The van der Waals surface area contributed by atoms with Gasteiger partial charge in [-0.25, -0.2) is 4.39 Å². The number of hydrogen-bond donors (Lipinski definition) is 1. The lowest BCUT2D eigenvalue weighted by atomic mass is 10.0. The van der Waals surface area contributed by atoms with Crippen molar-refractivity contribution in [3.63, 3.8) is 0 Å². The molecule has 0 bridgehead atoms. The van der Waals surface area contributed by atoms with E-state index in [1.807, 2.05) is 30.5 Å². The van der Waals surface area contributed by atoms with Gasteiger partial charge in [-0.1, -0.05) is 18.2 Å². The minimum atomic E-state index is -0.432. The molecule has 0 aliphatic heterocycles. The van der Waals surface area contributed by atoms with Crippen molar-refractivity contribution in [1.82, 2.24) is 4.57 Å². The fraction of sp³-hybridized carbons (Fsp3) is 0.182. The first-order valence-electron chi connectivity index (χ1n) is 8.48.